The Morgan fingerprint density at radius 3 is 3.00 bits per heavy atom. The molecule has 1 aromatic heterocycles. The number of rotatable bonds is 2. The maximum atomic E-state index is 13.3. The smallest absolute Gasteiger partial charge is 0.251 e. The number of nitrogens with zero attached hydrogens (tertiary/aromatic N) is 1. The predicted octanol–water partition coefficient (Wildman–Crippen LogP) is 2.98. The average Bonchev–Trinajstić information content (AvgIpc) is 2.69. The van der Waals surface area contributed by atoms with Crippen molar-refractivity contribution >= 4 is 28.9 Å². The summed E-state index contributed by atoms with van der Waals surface area (Å²) < 4.78 is 13.3. The van der Waals surface area contributed by atoms with Crippen molar-refractivity contribution in [2.24, 2.45) is 0 Å². The third-order valence-corrected chi connectivity index (χ3v) is 3.20. The Bertz CT molecular complexity index is 662. The first-order valence-corrected chi connectivity index (χ1v) is 6.00. The zero-order valence-corrected chi connectivity index (χ0v) is 10.4. The molecule has 0 aliphatic carbocycles. The van der Waals surface area contributed by atoms with Crippen LogP contribution in [0.3, 0.4) is 0 Å². The molecule has 19 heavy (non-hydrogen) atoms. The number of carbonyl (C=O) groups is 1. The number of halogens is 2. The predicted molar refractivity (Wildman–Crippen MR) is 70.6 cm³/mol. The minimum atomic E-state index is -0.674. The standard InChI is InChI=1S/C13H9ClFN3O/c14-12-10(2-1-5-16-12)17-11-8-6-7(15)3-4-9(8)18-13(11)19/h1-6,11,17H,(H,18,19). The second-order valence-corrected chi connectivity index (χ2v) is 4.50. The molecule has 0 bridgehead atoms. The Labute approximate surface area is 113 Å². The SMILES string of the molecule is O=C1Nc2ccc(F)cc2C1Nc1cccnc1Cl. The number of hydrogen-bond donors (Lipinski definition) is 2. The van der Waals surface area contributed by atoms with Crippen LogP contribution in [-0.4, -0.2) is 10.9 Å². The molecule has 1 amide bonds. The highest BCUT2D eigenvalue weighted by Crippen LogP contribution is 2.34. The molecule has 1 aliphatic heterocycles. The van der Waals surface area contributed by atoms with E-state index in [1.807, 2.05) is 0 Å². The molecule has 0 saturated carbocycles. The molecule has 0 saturated heterocycles. The molecule has 6 heteroatoms. The number of pyridine rings is 1. The van der Waals surface area contributed by atoms with Crippen LogP contribution in [0.2, 0.25) is 5.15 Å². The first kappa shape index (κ1) is 11.9. The number of benzene rings is 1. The Morgan fingerprint density at radius 1 is 1.37 bits per heavy atom. The summed E-state index contributed by atoms with van der Waals surface area (Å²) >= 11 is 5.93. The van der Waals surface area contributed by atoms with Gasteiger partial charge in [-0.15, -0.1) is 0 Å². The van der Waals surface area contributed by atoms with Crippen molar-refractivity contribution in [3.8, 4) is 0 Å². The number of nitrogens with one attached hydrogen (secondary N) is 2. The second-order valence-electron chi connectivity index (χ2n) is 4.14. The normalized spacial score (nSPS) is 16.9. The van der Waals surface area contributed by atoms with E-state index in [2.05, 4.69) is 15.6 Å². The summed E-state index contributed by atoms with van der Waals surface area (Å²) in [6.07, 6.45) is 1.55. The van der Waals surface area contributed by atoms with Gasteiger partial charge in [0.1, 0.15) is 11.9 Å². The van der Waals surface area contributed by atoms with Crippen molar-refractivity contribution in [3.05, 3.63) is 53.1 Å². The maximum absolute atomic E-state index is 13.3. The second kappa shape index (κ2) is 4.51. The Kier molecular flexibility index (Phi) is 2.83. The fourth-order valence-corrected chi connectivity index (χ4v) is 2.20. The molecule has 0 spiro atoms. The molecule has 2 aromatic rings. The monoisotopic (exact) mass is 277 g/mol. The van der Waals surface area contributed by atoms with Crippen LogP contribution in [0.5, 0.6) is 0 Å². The molecule has 2 heterocycles. The van der Waals surface area contributed by atoms with E-state index in [4.69, 9.17) is 11.6 Å². The molecule has 4 nitrogen and oxygen atoms in total. The average molecular weight is 278 g/mol. The molecule has 1 atom stereocenters. The maximum Gasteiger partial charge on any atom is 0.251 e. The van der Waals surface area contributed by atoms with Crippen LogP contribution in [0.1, 0.15) is 11.6 Å². The van der Waals surface area contributed by atoms with Crippen LogP contribution in [0.15, 0.2) is 36.5 Å². The Balaban J connectivity index is 1.97. The lowest BCUT2D eigenvalue weighted by Gasteiger charge is -2.13. The molecule has 1 aromatic carbocycles. The molecule has 1 unspecified atom stereocenters. The third-order valence-electron chi connectivity index (χ3n) is 2.90. The molecule has 3 rings (SSSR count). The highest BCUT2D eigenvalue weighted by Gasteiger charge is 2.31. The molecule has 2 N–H and O–H groups in total. The number of carbonyl (C=O) groups excluding carboxylic acids is 1. The molecular weight excluding hydrogens is 269 g/mol. The molecule has 96 valence electrons. The first-order chi connectivity index (χ1) is 9.15. The number of fused-ring (bicyclic) bond motifs is 1. The summed E-state index contributed by atoms with van der Waals surface area (Å²) in [7, 11) is 0. The largest absolute Gasteiger partial charge is 0.367 e. The third kappa shape index (κ3) is 2.13. The van der Waals surface area contributed by atoms with E-state index >= 15 is 0 Å². The van der Waals surface area contributed by atoms with E-state index in [1.165, 1.54) is 18.2 Å². The van der Waals surface area contributed by atoms with Crippen molar-refractivity contribution < 1.29 is 9.18 Å². The first-order valence-electron chi connectivity index (χ1n) is 5.62. The van der Waals surface area contributed by atoms with Crippen molar-refractivity contribution in [1.82, 2.24) is 4.98 Å². The summed E-state index contributed by atoms with van der Waals surface area (Å²) in [6, 6.07) is 6.91. The van der Waals surface area contributed by atoms with E-state index in [0.717, 1.165) is 0 Å². The summed E-state index contributed by atoms with van der Waals surface area (Å²) in [6.45, 7) is 0. The summed E-state index contributed by atoms with van der Waals surface area (Å²) in [4.78, 5) is 15.8. The van der Waals surface area contributed by atoms with E-state index in [-0.39, 0.29) is 16.9 Å². The molecule has 1 aliphatic rings. The van der Waals surface area contributed by atoms with Gasteiger partial charge in [0.05, 0.1) is 5.69 Å². The molecular formula is C13H9ClFN3O. The number of anilines is 2. The van der Waals surface area contributed by atoms with Gasteiger partial charge in [-0.05, 0) is 30.3 Å². The van der Waals surface area contributed by atoms with E-state index < -0.39 is 6.04 Å². The Hall–Kier alpha value is -2.14. The zero-order valence-electron chi connectivity index (χ0n) is 9.65. The van der Waals surface area contributed by atoms with Gasteiger partial charge in [0.25, 0.3) is 5.91 Å². The van der Waals surface area contributed by atoms with Gasteiger partial charge in [0, 0.05) is 17.4 Å². The molecule has 0 radical (unpaired) electrons. The highest BCUT2D eigenvalue weighted by atomic mass is 35.5. The van der Waals surface area contributed by atoms with Crippen molar-refractivity contribution in [1.29, 1.82) is 0 Å². The van der Waals surface area contributed by atoms with Gasteiger partial charge < -0.3 is 10.6 Å². The van der Waals surface area contributed by atoms with Crippen molar-refractivity contribution in [3.63, 3.8) is 0 Å². The van der Waals surface area contributed by atoms with Crippen LogP contribution < -0.4 is 10.6 Å². The van der Waals surface area contributed by atoms with Crippen molar-refractivity contribution in [2.75, 3.05) is 10.6 Å². The van der Waals surface area contributed by atoms with Crippen LogP contribution in [0.4, 0.5) is 15.8 Å². The van der Waals surface area contributed by atoms with E-state index in [1.54, 1.807) is 18.3 Å². The van der Waals surface area contributed by atoms with Gasteiger partial charge >= 0.3 is 0 Å². The van der Waals surface area contributed by atoms with Gasteiger partial charge in [-0.1, -0.05) is 11.6 Å². The number of aromatic nitrogens is 1. The van der Waals surface area contributed by atoms with Crippen LogP contribution in [0, 0.1) is 5.82 Å². The van der Waals surface area contributed by atoms with Gasteiger partial charge in [-0.25, -0.2) is 9.37 Å². The number of amides is 1. The summed E-state index contributed by atoms with van der Waals surface area (Å²) in [5.74, 6) is -0.639. The lowest BCUT2D eigenvalue weighted by Crippen LogP contribution is -2.20. The summed E-state index contributed by atoms with van der Waals surface area (Å²) in [5, 5.41) is 5.92. The fourth-order valence-electron chi connectivity index (χ4n) is 2.02. The Morgan fingerprint density at radius 2 is 2.21 bits per heavy atom. The summed E-state index contributed by atoms with van der Waals surface area (Å²) in [5.41, 5.74) is 1.69. The number of hydrogen-bond acceptors (Lipinski definition) is 3. The topological polar surface area (TPSA) is 54.0 Å². The quantitative estimate of drug-likeness (QED) is 0.830. The van der Waals surface area contributed by atoms with E-state index in [9.17, 15) is 9.18 Å². The van der Waals surface area contributed by atoms with Crippen LogP contribution in [-0.2, 0) is 4.79 Å². The van der Waals surface area contributed by atoms with Crippen molar-refractivity contribution in [2.45, 2.75) is 6.04 Å². The molecule has 0 fully saturated rings. The minimum Gasteiger partial charge on any atom is -0.367 e. The fraction of sp³-hybridized carbons (Fsp3) is 0.0769. The van der Waals surface area contributed by atoms with E-state index in [0.29, 0.717) is 16.9 Å². The lowest BCUT2D eigenvalue weighted by molar-refractivity contribution is -0.116. The zero-order chi connectivity index (χ0) is 13.4. The van der Waals surface area contributed by atoms with Gasteiger partial charge in [-0.3, -0.25) is 4.79 Å². The van der Waals surface area contributed by atoms with Crippen LogP contribution in [0.25, 0.3) is 0 Å². The lowest BCUT2D eigenvalue weighted by atomic mass is 10.1. The minimum absolute atomic E-state index is 0.250. The van der Waals surface area contributed by atoms with Crippen LogP contribution >= 0.6 is 11.6 Å². The van der Waals surface area contributed by atoms with Gasteiger partial charge in [0.2, 0.25) is 0 Å². The van der Waals surface area contributed by atoms with Gasteiger partial charge in [-0.2, -0.15) is 0 Å². The highest BCUT2D eigenvalue weighted by molar-refractivity contribution is 6.32. The van der Waals surface area contributed by atoms with Gasteiger partial charge in [0.15, 0.2) is 5.15 Å².